The van der Waals surface area contributed by atoms with Gasteiger partial charge in [0.2, 0.25) is 5.91 Å². The summed E-state index contributed by atoms with van der Waals surface area (Å²) in [6.07, 6.45) is 0. The number of likely N-dealkylation sites (N-methyl/N-ethyl adjacent to an activating group) is 1. The van der Waals surface area contributed by atoms with E-state index in [1.54, 1.807) is 0 Å². The van der Waals surface area contributed by atoms with Crippen LogP contribution in [0.1, 0.15) is 6.92 Å². The van der Waals surface area contributed by atoms with E-state index < -0.39 is 0 Å². The highest BCUT2D eigenvalue weighted by atomic mass is 35.5. The minimum atomic E-state index is 0.0536. The van der Waals surface area contributed by atoms with Crippen molar-refractivity contribution in [1.82, 2.24) is 9.80 Å². The van der Waals surface area contributed by atoms with Crippen LogP contribution in [0.15, 0.2) is 0 Å². The normalized spacial score (nSPS) is 28.5. The molecule has 0 saturated carbocycles. The Balaban J connectivity index is 2.54. The fourth-order valence-electron chi connectivity index (χ4n) is 1.91. The van der Waals surface area contributed by atoms with Gasteiger partial charge in [-0.3, -0.25) is 4.79 Å². The summed E-state index contributed by atoms with van der Waals surface area (Å²) < 4.78 is 0. The Morgan fingerprint density at radius 3 is 2.54 bits per heavy atom. The molecule has 0 bridgehead atoms. The molecule has 1 saturated heterocycles. The van der Waals surface area contributed by atoms with Crippen LogP contribution in [0.2, 0.25) is 0 Å². The summed E-state index contributed by atoms with van der Waals surface area (Å²) in [5.74, 6) is 0.701. The quantitative estimate of drug-likeness (QED) is 0.617. The standard InChI is InChI=1S/C9H17ClN2O/c1-7-5-12(9(13)4-10)6-8(7)11(2)3/h7-8H,4-6H2,1-3H3. The first-order valence-corrected chi connectivity index (χ1v) is 5.10. The lowest BCUT2D eigenvalue weighted by atomic mass is 10.1. The lowest BCUT2D eigenvalue weighted by molar-refractivity contribution is -0.127. The molecule has 1 heterocycles. The molecule has 0 N–H and O–H groups in total. The third kappa shape index (κ3) is 2.35. The van der Waals surface area contributed by atoms with Gasteiger partial charge in [0.1, 0.15) is 5.88 Å². The lowest BCUT2D eigenvalue weighted by Gasteiger charge is -2.22. The Hall–Kier alpha value is -0.280. The average molecular weight is 205 g/mol. The zero-order chi connectivity index (χ0) is 10.0. The second kappa shape index (κ2) is 4.29. The summed E-state index contributed by atoms with van der Waals surface area (Å²) in [5.41, 5.74) is 0. The van der Waals surface area contributed by atoms with Gasteiger partial charge in [0.05, 0.1) is 0 Å². The molecule has 1 fully saturated rings. The van der Waals surface area contributed by atoms with Crippen LogP contribution in [-0.2, 0) is 4.79 Å². The van der Waals surface area contributed by atoms with Crippen molar-refractivity contribution in [2.24, 2.45) is 5.92 Å². The molecule has 3 nitrogen and oxygen atoms in total. The van der Waals surface area contributed by atoms with Crippen molar-refractivity contribution in [1.29, 1.82) is 0 Å². The van der Waals surface area contributed by atoms with Crippen molar-refractivity contribution in [3.63, 3.8) is 0 Å². The molecule has 0 aliphatic carbocycles. The molecule has 1 rings (SSSR count). The van der Waals surface area contributed by atoms with Crippen molar-refractivity contribution in [3.8, 4) is 0 Å². The highest BCUT2D eigenvalue weighted by Gasteiger charge is 2.32. The largest absolute Gasteiger partial charge is 0.340 e. The second-order valence-electron chi connectivity index (χ2n) is 3.94. The number of nitrogens with zero attached hydrogens (tertiary/aromatic N) is 2. The average Bonchev–Trinajstić information content (AvgIpc) is 2.46. The molecular formula is C9H17ClN2O. The summed E-state index contributed by atoms with van der Waals surface area (Å²) in [5, 5.41) is 0. The SMILES string of the molecule is CC1CN(C(=O)CCl)CC1N(C)C. The molecule has 1 aliphatic rings. The van der Waals surface area contributed by atoms with Crippen LogP contribution in [0.3, 0.4) is 0 Å². The Labute approximate surface area is 84.6 Å². The fourth-order valence-corrected chi connectivity index (χ4v) is 2.08. The minimum Gasteiger partial charge on any atom is -0.340 e. The van der Waals surface area contributed by atoms with Gasteiger partial charge in [0.15, 0.2) is 0 Å². The lowest BCUT2D eigenvalue weighted by Crippen LogP contribution is -2.36. The van der Waals surface area contributed by atoms with Crippen molar-refractivity contribution in [3.05, 3.63) is 0 Å². The third-order valence-corrected chi connectivity index (χ3v) is 2.93. The molecule has 76 valence electrons. The van der Waals surface area contributed by atoms with E-state index >= 15 is 0 Å². The van der Waals surface area contributed by atoms with Gasteiger partial charge in [0, 0.05) is 19.1 Å². The van der Waals surface area contributed by atoms with Gasteiger partial charge in [-0.25, -0.2) is 0 Å². The number of hydrogen-bond acceptors (Lipinski definition) is 2. The summed E-state index contributed by atoms with van der Waals surface area (Å²) in [6, 6.07) is 0.479. The number of alkyl halides is 1. The fraction of sp³-hybridized carbons (Fsp3) is 0.889. The van der Waals surface area contributed by atoms with Crippen LogP contribution in [0, 0.1) is 5.92 Å². The molecule has 0 radical (unpaired) electrons. The number of carbonyl (C=O) groups excluding carboxylic acids is 1. The summed E-state index contributed by atoms with van der Waals surface area (Å²) >= 11 is 5.50. The number of amides is 1. The topological polar surface area (TPSA) is 23.6 Å². The van der Waals surface area contributed by atoms with Gasteiger partial charge in [-0.1, -0.05) is 6.92 Å². The highest BCUT2D eigenvalue weighted by Crippen LogP contribution is 2.19. The van der Waals surface area contributed by atoms with Crippen molar-refractivity contribution < 1.29 is 4.79 Å². The van der Waals surface area contributed by atoms with E-state index in [-0.39, 0.29) is 11.8 Å². The van der Waals surface area contributed by atoms with E-state index in [1.165, 1.54) is 0 Å². The van der Waals surface area contributed by atoms with Crippen molar-refractivity contribution >= 4 is 17.5 Å². The summed E-state index contributed by atoms with van der Waals surface area (Å²) in [7, 11) is 4.10. The van der Waals surface area contributed by atoms with Crippen LogP contribution < -0.4 is 0 Å². The Morgan fingerprint density at radius 2 is 2.15 bits per heavy atom. The molecule has 0 aromatic carbocycles. The number of likely N-dealkylation sites (tertiary alicyclic amines) is 1. The number of halogens is 1. The first-order chi connectivity index (χ1) is 6.06. The highest BCUT2D eigenvalue weighted by molar-refractivity contribution is 6.27. The van der Waals surface area contributed by atoms with Crippen LogP contribution >= 0.6 is 11.6 Å². The molecule has 2 unspecified atom stereocenters. The molecule has 2 atom stereocenters. The van der Waals surface area contributed by atoms with E-state index in [4.69, 9.17) is 11.6 Å². The van der Waals surface area contributed by atoms with E-state index in [0.29, 0.717) is 12.0 Å². The van der Waals surface area contributed by atoms with Crippen molar-refractivity contribution in [2.75, 3.05) is 33.1 Å². The van der Waals surface area contributed by atoms with Gasteiger partial charge in [-0.05, 0) is 20.0 Å². The van der Waals surface area contributed by atoms with Gasteiger partial charge < -0.3 is 9.80 Å². The smallest absolute Gasteiger partial charge is 0.237 e. The van der Waals surface area contributed by atoms with E-state index in [9.17, 15) is 4.79 Å². The minimum absolute atomic E-state index is 0.0536. The third-order valence-electron chi connectivity index (χ3n) is 2.70. The maximum atomic E-state index is 11.3. The molecule has 0 aromatic rings. The molecule has 0 aromatic heterocycles. The second-order valence-corrected chi connectivity index (χ2v) is 4.21. The number of rotatable bonds is 2. The molecule has 0 spiro atoms. The first-order valence-electron chi connectivity index (χ1n) is 4.56. The van der Waals surface area contributed by atoms with Gasteiger partial charge in [-0.2, -0.15) is 0 Å². The number of hydrogen-bond donors (Lipinski definition) is 0. The van der Waals surface area contributed by atoms with E-state index in [1.807, 2.05) is 4.90 Å². The molecular weight excluding hydrogens is 188 g/mol. The van der Waals surface area contributed by atoms with Crippen LogP contribution in [0.5, 0.6) is 0 Å². The maximum Gasteiger partial charge on any atom is 0.237 e. The zero-order valence-corrected chi connectivity index (χ0v) is 9.21. The van der Waals surface area contributed by atoms with E-state index in [2.05, 4.69) is 25.9 Å². The summed E-state index contributed by atoms with van der Waals surface area (Å²) in [6.45, 7) is 3.83. The monoisotopic (exact) mass is 204 g/mol. The van der Waals surface area contributed by atoms with E-state index in [0.717, 1.165) is 13.1 Å². The first kappa shape index (κ1) is 10.8. The Kier molecular flexibility index (Phi) is 3.56. The van der Waals surface area contributed by atoms with Gasteiger partial charge >= 0.3 is 0 Å². The molecule has 1 amide bonds. The van der Waals surface area contributed by atoms with Crippen LogP contribution in [0.4, 0.5) is 0 Å². The van der Waals surface area contributed by atoms with Gasteiger partial charge in [-0.15, -0.1) is 11.6 Å². The predicted molar refractivity (Wildman–Crippen MR) is 53.9 cm³/mol. The molecule has 13 heavy (non-hydrogen) atoms. The summed E-state index contributed by atoms with van der Waals surface area (Å²) in [4.78, 5) is 15.3. The predicted octanol–water partition coefficient (Wildman–Crippen LogP) is 0.634. The zero-order valence-electron chi connectivity index (χ0n) is 8.46. The van der Waals surface area contributed by atoms with Gasteiger partial charge in [0.25, 0.3) is 0 Å². The number of carbonyl (C=O) groups is 1. The molecule has 1 aliphatic heterocycles. The Bertz CT molecular complexity index is 196. The van der Waals surface area contributed by atoms with Crippen LogP contribution in [-0.4, -0.2) is 54.8 Å². The van der Waals surface area contributed by atoms with Crippen LogP contribution in [0.25, 0.3) is 0 Å². The molecule has 4 heteroatoms. The van der Waals surface area contributed by atoms with Crippen molar-refractivity contribution in [2.45, 2.75) is 13.0 Å². The maximum absolute atomic E-state index is 11.3. The Morgan fingerprint density at radius 1 is 1.54 bits per heavy atom.